The van der Waals surface area contributed by atoms with Crippen molar-refractivity contribution in [2.24, 2.45) is 0 Å². The summed E-state index contributed by atoms with van der Waals surface area (Å²) < 4.78 is 0. The van der Waals surface area contributed by atoms with Crippen LogP contribution < -0.4 is 11.1 Å². The average Bonchev–Trinajstić information content (AvgIpc) is 3.02. The van der Waals surface area contributed by atoms with Crippen LogP contribution in [0.2, 0.25) is 0 Å². The van der Waals surface area contributed by atoms with Crippen molar-refractivity contribution in [3.8, 4) is 11.3 Å². The largest absolute Gasteiger partial charge is 0.375 e. The Hall–Kier alpha value is -2.08. The minimum atomic E-state index is -0.0254. The van der Waals surface area contributed by atoms with Gasteiger partial charge in [0, 0.05) is 29.7 Å². The third-order valence-electron chi connectivity index (χ3n) is 3.80. The Labute approximate surface area is 147 Å². The smallest absolute Gasteiger partial charge is 0.321 e. The van der Waals surface area contributed by atoms with E-state index in [0.29, 0.717) is 5.13 Å². The van der Waals surface area contributed by atoms with Gasteiger partial charge in [0.2, 0.25) is 0 Å². The van der Waals surface area contributed by atoms with Gasteiger partial charge in [0.15, 0.2) is 5.13 Å². The van der Waals surface area contributed by atoms with Crippen molar-refractivity contribution < 1.29 is 4.79 Å². The fourth-order valence-corrected chi connectivity index (χ4v) is 2.93. The maximum absolute atomic E-state index is 12.5. The van der Waals surface area contributed by atoms with E-state index in [4.69, 9.17) is 5.73 Å². The van der Waals surface area contributed by atoms with Crippen LogP contribution in [0.5, 0.6) is 0 Å². The summed E-state index contributed by atoms with van der Waals surface area (Å²) in [4.78, 5) is 18.6. The molecule has 0 saturated heterocycles. The zero-order valence-electron chi connectivity index (χ0n) is 14.4. The predicted octanol–water partition coefficient (Wildman–Crippen LogP) is 4.83. The normalized spacial score (nSPS) is 10.6. The first-order chi connectivity index (χ1) is 11.6. The van der Waals surface area contributed by atoms with E-state index in [2.05, 4.69) is 24.1 Å². The number of thiazole rings is 1. The van der Waals surface area contributed by atoms with Gasteiger partial charge < -0.3 is 16.0 Å². The topological polar surface area (TPSA) is 71.2 Å². The van der Waals surface area contributed by atoms with Crippen LogP contribution in [-0.4, -0.2) is 29.0 Å². The molecule has 0 aliphatic heterocycles. The Balaban J connectivity index is 1.98. The number of carbonyl (C=O) groups is 1. The van der Waals surface area contributed by atoms with Crippen LogP contribution >= 0.6 is 11.3 Å². The first-order valence-electron chi connectivity index (χ1n) is 8.51. The van der Waals surface area contributed by atoms with Gasteiger partial charge in [0.25, 0.3) is 0 Å². The number of nitrogens with zero attached hydrogens (tertiary/aromatic N) is 2. The minimum Gasteiger partial charge on any atom is -0.375 e. The highest BCUT2D eigenvalue weighted by atomic mass is 32.1. The van der Waals surface area contributed by atoms with Crippen LogP contribution in [0.4, 0.5) is 15.6 Å². The van der Waals surface area contributed by atoms with E-state index < -0.39 is 0 Å². The van der Waals surface area contributed by atoms with Gasteiger partial charge in [-0.2, -0.15) is 0 Å². The lowest BCUT2D eigenvalue weighted by atomic mass is 10.1. The minimum absolute atomic E-state index is 0.0254. The molecular formula is C18H26N4OS. The molecule has 0 unspecified atom stereocenters. The SMILES string of the molecule is CCCCN(CCCC)C(=O)Nc1ccc(-c2csc(N)n2)cc1. The van der Waals surface area contributed by atoms with Gasteiger partial charge in [-0.1, -0.05) is 38.8 Å². The number of rotatable bonds is 8. The van der Waals surface area contributed by atoms with Crippen molar-refractivity contribution in [2.45, 2.75) is 39.5 Å². The Morgan fingerprint density at radius 3 is 2.29 bits per heavy atom. The van der Waals surface area contributed by atoms with Gasteiger partial charge >= 0.3 is 6.03 Å². The molecule has 5 nitrogen and oxygen atoms in total. The Bertz CT molecular complexity index is 631. The zero-order chi connectivity index (χ0) is 17.4. The molecule has 130 valence electrons. The Morgan fingerprint density at radius 1 is 1.17 bits per heavy atom. The van der Waals surface area contributed by atoms with Crippen LogP contribution in [0.3, 0.4) is 0 Å². The highest BCUT2D eigenvalue weighted by molar-refractivity contribution is 7.13. The van der Waals surface area contributed by atoms with E-state index in [0.717, 1.165) is 55.7 Å². The lowest BCUT2D eigenvalue weighted by molar-refractivity contribution is 0.210. The molecule has 2 rings (SSSR count). The van der Waals surface area contributed by atoms with Gasteiger partial charge in [0.05, 0.1) is 5.69 Å². The number of anilines is 2. The van der Waals surface area contributed by atoms with Gasteiger partial charge in [-0.15, -0.1) is 11.3 Å². The van der Waals surface area contributed by atoms with Gasteiger partial charge in [-0.05, 0) is 25.0 Å². The molecule has 0 spiro atoms. The van der Waals surface area contributed by atoms with E-state index in [-0.39, 0.29) is 6.03 Å². The average molecular weight is 347 g/mol. The van der Waals surface area contributed by atoms with Crippen molar-refractivity contribution in [3.63, 3.8) is 0 Å². The van der Waals surface area contributed by atoms with Crippen molar-refractivity contribution in [1.82, 2.24) is 9.88 Å². The summed E-state index contributed by atoms with van der Waals surface area (Å²) in [7, 11) is 0. The summed E-state index contributed by atoms with van der Waals surface area (Å²) in [5, 5.41) is 5.48. The predicted molar refractivity (Wildman–Crippen MR) is 102 cm³/mol. The number of benzene rings is 1. The quantitative estimate of drug-likeness (QED) is 0.719. The Kier molecular flexibility index (Phi) is 7.06. The van der Waals surface area contributed by atoms with E-state index in [1.165, 1.54) is 11.3 Å². The fourth-order valence-electron chi connectivity index (χ4n) is 2.36. The molecule has 24 heavy (non-hydrogen) atoms. The zero-order valence-corrected chi connectivity index (χ0v) is 15.2. The number of carbonyl (C=O) groups excluding carboxylic acids is 1. The fraction of sp³-hybridized carbons (Fsp3) is 0.444. The number of nitrogens with one attached hydrogen (secondary N) is 1. The third kappa shape index (κ3) is 5.23. The summed E-state index contributed by atoms with van der Waals surface area (Å²) in [5.74, 6) is 0. The molecule has 6 heteroatoms. The molecule has 3 N–H and O–H groups in total. The molecule has 1 aromatic heterocycles. The monoisotopic (exact) mass is 346 g/mol. The number of unbranched alkanes of at least 4 members (excludes halogenated alkanes) is 2. The molecule has 1 heterocycles. The van der Waals surface area contributed by atoms with Crippen molar-refractivity contribution in [3.05, 3.63) is 29.6 Å². The molecule has 0 fully saturated rings. The molecule has 0 bridgehead atoms. The van der Waals surface area contributed by atoms with Gasteiger partial charge in [0.1, 0.15) is 0 Å². The number of aromatic nitrogens is 1. The summed E-state index contributed by atoms with van der Waals surface area (Å²) in [6.07, 6.45) is 4.23. The van der Waals surface area contributed by atoms with Crippen molar-refractivity contribution in [1.29, 1.82) is 0 Å². The van der Waals surface area contributed by atoms with Crippen LogP contribution in [0.25, 0.3) is 11.3 Å². The molecular weight excluding hydrogens is 320 g/mol. The molecule has 2 amide bonds. The second kappa shape index (κ2) is 9.27. The highest BCUT2D eigenvalue weighted by Gasteiger charge is 2.12. The van der Waals surface area contributed by atoms with E-state index in [1.54, 1.807) is 0 Å². The molecule has 2 aromatic rings. The van der Waals surface area contributed by atoms with Crippen LogP contribution in [0.15, 0.2) is 29.6 Å². The van der Waals surface area contributed by atoms with Crippen LogP contribution in [-0.2, 0) is 0 Å². The molecule has 0 aliphatic rings. The van der Waals surface area contributed by atoms with Crippen molar-refractivity contribution >= 4 is 28.2 Å². The number of urea groups is 1. The molecule has 0 saturated carbocycles. The molecule has 0 atom stereocenters. The summed E-state index contributed by atoms with van der Waals surface area (Å²) in [6, 6.07) is 7.68. The third-order valence-corrected chi connectivity index (χ3v) is 4.48. The maximum Gasteiger partial charge on any atom is 0.321 e. The van der Waals surface area contributed by atoms with E-state index in [1.807, 2.05) is 34.5 Å². The number of amides is 2. The number of hydrogen-bond acceptors (Lipinski definition) is 4. The highest BCUT2D eigenvalue weighted by Crippen LogP contribution is 2.24. The number of hydrogen-bond donors (Lipinski definition) is 2. The molecule has 0 radical (unpaired) electrons. The number of nitrogen functional groups attached to an aromatic ring is 1. The van der Waals surface area contributed by atoms with Crippen LogP contribution in [0, 0.1) is 0 Å². The van der Waals surface area contributed by atoms with E-state index >= 15 is 0 Å². The summed E-state index contributed by atoms with van der Waals surface area (Å²) in [6.45, 7) is 5.89. The first kappa shape index (κ1) is 18.3. The maximum atomic E-state index is 12.5. The van der Waals surface area contributed by atoms with Crippen LogP contribution in [0.1, 0.15) is 39.5 Å². The Morgan fingerprint density at radius 2 is 1.79 bits per heavy atom. The lowest BCUT2D eigenvalue weighted by Crippen LogP contribution is -2.36. The van der Waals surface area contributed by atoms with E-state index in [9.17, 15) is 4.79 Å². The molecule has 0 aliphatic carbocycles. The summed E-state index contributed by atoms with van der Waals surface area (Å²) >= 11 is 1.42. The summed E-state index contributed by atoms with van der Waals surface area (Å²) in [5.41, 5.74) is 8.32. The van der Waals surface area contributed by atoms with Crippen molar-refractivity contribution in [2.75, 3.05) is 24.1 Å². The standard InChI is InChI=1S/C18H26N4OS/c1-3-5-11-22(12-6-4-2)18(23)20-15-9-7-14(8-10-15)16-13-24-17(19)21-16/h7-10,13H,3-6,11-12H2,1-2H3,(H2,19,21)(H,20,23). The lowest BCUT2D eigenvalue weighted by Gasteiger charge is -2.22. The second-order valence-electron chi connectivity index (χ2n) is 5.77. The number of nitrogens with two attached hydrogens (primary N) is 1. The second-order valence-corrected chi connectivity index (χ2v) is 6.66. The van der Waals surface area contributed by atoms with Gasteiger partial charge in [-0.25, -0.2) is 9.78 Å². The molecule has 1 aromatic carbocycles. The van der Waals surface area contributed by atoms with Gasteiger partial charge in [-0.3, -0.25) is 0 Å². The first-order valence-corrected chi connectivity index (χ1v) is 9.39.